The number of aromatic nitrogens is 3. The molecule has 4 N–H and O–H groups in total. The summed E-state index contributed by atoms with van der Waals surface area (Å²) >= 11 is 0. The van der Waals surface area contributed by atoms with Gasteiger partial charge in [-0.2, -0.15) is 4.98 Å². The van der Waals surface area contributed by atoms with Crippen LogP contribution in [0.4, 0.5) is 11.9 Å². The zero-order valence-electron chi connectivity index (χ0n) is 8.92. The van der Waals surface area contributed by atoms with Gasteiger partial charge >= 0.3 is 0 Å². The topological polar surface area (TPSA) is 88.8 Å². The van der Waals surface area contributed by atoms with Gasteiger partial charge in [0.05, 0.1) is 0 Å². The zero-order valence-corrected chi connectivity index (χ0v) is 8.92. The number of rotatable bonds is 6. The second-order valence-corrected chi connectivity index (χ2v) is 4.14. The Kier molecular flexibility index (Phi) is 2.77. The molecule has 0 radical (unpaired) electrons. The molecule has 0 aliphatic heterocycles. The lowest BCUT2D eigenvalue weighted by Gasteiger charge is -2.14. The average molecular weight is 211 g/mol. The smallest absolute Gasteiger partial charge is 0.243 e. The third-order valence-electron chi connectivity index (χ3n) is 2.92. The van der Waals surface area contributed by atoms with Crippen LogP contribution >= 0.6 is 0 Å². The molecule has 1 aromatic heterocycles. The molecule has 2 rings (SSSR count). The Hall–Kier alpha value is -1.30. The van der Waals surface area contributed by atoms with Crippen LogP contribution < -0.4 is 11.1 Å². The summed E-state index contributed by atoms with van der Waals surface area (Å²) in [6.45, 7) is 1.71. The molecule has 0 aromatic carbocycles. The largest absolute Gasteiger partial charge is 0.385 e. The van der Waals surface area contributed by atoms with E-state index in [1.807, 2.05) is 0 Å². The highest BCUT2D eigenvalue weighted by Gasteiger charge is 2.41. The number of hydrogen-bond donors (Lipinski definition) is 3. The minimum absolute atomic E-state index is 0.347. The van der Waals surface area contributed by atoms with Gasteiger partial charge in [-0.25, -0.2) is 5.10 Å². The summed E-state index contributed by atoms with van der Waals surface area (Å²) in [6.07, 6.45) is 3.60. The minimum Gasteiger partial charge on any atom is -0.385 e. The normalized spacial score (nSPS) is 17.7. The molecular formula is C9H17N5O. The predicted octanol–water partition coefficient (Wildman–Crippen LogP) is 0.615. The lowest BCUT2D eigenvalue weighted by atomic mass is 10.0. The highest BCUT2D eigenvalue weighted by molar-refractivity contribution is 5.30. The minimum atomic E-state index is 0.347. The van der Waals surface area contributed by atoms with Crippen LogP contribution in [-0.4, -0.2) is 35.4 Å². The molecule has 1 aliphatic carbocycles. The number of aromatic amines is 1. The fraction of sp³-hybridized carbons (Fsp3) is 0.778. The van der Waals surface area contributed by atoms with E-state index in [0.29, 0.717) is 17.3 Å². The van der Waals surface area contributed by atoms with Crippen LogP contribution in [-0.2, 0) is 4.74 Å². The molecule has 0 amide bonds. The van der Waals surface area contributed by atoms with Crippen LogP contribution in [0.2, 0.25) is 0 Å². The summed E-state index contributed by atoms with van der Waals surface area (Å²) in [5, 5.41) is 9.71. The first kappa shape index (κ1) is 10.2. The van der Waals surface area contributed by atoms with E-state index in [1.165, 1.54) is 12.8 Å². The molecule has 6 heteroatoms. The van der Waals surface area contributed by atoms with Crippen LogP contribution in [0.15, 0.2) is 0 Å². The standard InChI is InChI=1S/C9H17N5O/c1-15-5-4-9(2-3-9)6-11-8-12-7(10)13-14-8/h2-6H2,1H3,(H4,10,11,12,13,14). The predicted molar refractivity (Wildman–Crippen MR) is 57.4 cm³/mol. The van der Waals surface area contributed by atoms with Crippen molar-refractivity contribution < 1.29 is 4.74 Å². The van der Waals surface area contributed by atoms with Gasteiger partial charge in [0.2, 0.25) is 11.9 Å². The first-order valence-electron chi connectivity index (χ1n) is 5.15. The summed E-state index contributed by atoms with van der Waals surface area (Å²) < 4.78 is 5.09. The summed E-state index contributed by atoms with van der Waals surface area (Å²) in [5.41, 5.74) is 5.82. The maximum atomic E-state index is 5.42. The van der Waals surface area contributed by atoms with Gasteiger partial charge in [0, 0.05) is 20.3 Å². The van der Waals surface area contributed by atoms with Gasteiger partial charge in [-0.05, 0) is 24.7 Å². The number of ether oxygens (including phenoxy) is 1. The SMILES string of the molecule is COCCC1(CNc2n[nH]c(N)n2)CC1. The van der Waals surface area contributed by atoms with Crippen molar-refractivity contribution in [1.29, 1.82) is 0 Å². The van der Waals surface area contributed by atoms with Crippen molar-refractivity contribution in [3.63, 3.8) is 0 Å². The van der Waals surface area contributed by atoms with Crippen LogP contribution in [0.5, 0.6) is 0 Å². The number of nitrogens with zero attached hydrogens (tertiary/aromatic N) is 2. The molecule has 1 aromatic rings. The third kappa shape index (κ3) is 2.59. The van der Waals surface area contributed by atoms with Crippen LogP contribution in [0.25, 0.3) is 0 Å². The molecule has 0 unspecified atom stereocenters. The first-order valence-corrected chi connectivity index (χ1v) is 5.15. The second-order valence-electron chi connectivity index (χ2n) is 4.14. The Morgan fingerprint density at radius 1 is 1.60 bits per heavy atom. The molecule has 0 atom stereocenters. The monoisotopic (exact) mass is 211 g/mol. The summed E-state index contributed by atoms with van der Waals surface area (Å²) in [6, 6.07) is 0. The fourth-order valence-corrected chi connectivity index (χ4v) is 1.63. The fourth-order valence-electron chi connectivity index (χ4n) is 1.63. The molecule has 1 aliphatic rings. The van der Waals surface area contributed by atoms with E-state index >= 15 is 0 Å². The van der Waals surface area contributed by atoms with E-state index in [-0.39, 0.29) is 0 Å². The Morgan fingerprint density at radius 3 is 2.93 bits per heavy atom. The number of H-pyrrole nitrogens is 1. The molecule has 0 spiro atoms. The van der Waals surface area contributed by atoms with Crippen molar-refractivity contribution in [3.05, 3.63) is 0 Å². The quantitative estimate of drug-likeness (QED) is 0.641. The Balaban J connectivity index is 1.78. The molecule has 0 bridgehead atoms. The van der Waals surface area contributed by atoms with Crippen molar-refractivity contribution in [1.82, 2.24) is 15.2 Å². The van der Waals surface area contributed by atoms with Crippen LogP contribution in [0.1, 0.15) is 19.3 Å². The van der Waals surface area contributed by atoms with Gasteiger partial charge in [0.15, 0.2) is 0 Å². The number of nitrogen functional groups attached to an aromatic ring is 1. The lowest BCUT2D eigenvalue weighted by Crippen LogP contribution is -2.17. The van der Waals surface area contributed by atoms with Crippen molar-refractivity contribution in [2.24, 2.45) is 5.41 Å². The number of anilines is 2. The van der Waals surface area contributed by atoms with Gasteiger partial charge in [-0.15, -0.1) is 5.10 Å². The second kappa shape index (κ2) is 4.06. The Morgan fingerprint density at radius 2 is 2.40 bits per heavy atom. The van der Waals surface area contributed by atoms with E-state index < -0.39 is 0 Å². The van der Waals surface area contributed by atoms with E-state index in [2.05, 4.69) is 20.5 Å². The van der Waals surface area contributed by atoms with Crippen molar-refractivity contribution in [3.8, 4) is 0 Å². The molecule has 1 heterocycles. The van der Waals surface area contributed by atoms with Gasteiger partial charge < -0.3 is 15.8 Å². The number of hydrogen-bond acceptors (Lipinski definition) is 5. The maximum absolute atomic E-state index is 5.42. The third-order valence-corrected chi connectivity index (χ3v) is 2.92. The number of methoxy groups -OCH3 is 1. The van der Waals surface area contributed by atoms with E-state index in [1.54, 1.807) is 7.11 Å². The molecular weight excluding hydrogens is 194 g/mol. The van der Waals surface area contributed by atoms with Gasteiger partial charge in [0.25, 0.3) is 0 Å². The molecule has 6 nitrogen and oxygen atoms in total. The van der Waals surface area contributed by atoms with Crippen molar-refractivity contribution >= 4 is 11.9 Å². The highest BCUT2D eigenvalue weighted by atomic mass is 16.5. The zero-order chi connectivity index (χ0) is 10.7. The van der Waals surface area contributed by atoms with Crippen LogP contribution in [0.3, 0.4) is 0 Å². The summed E-state index contributed by atoms with van der Waals surface area (Å²) in [5.74, 6) is 0.926. The molecule has 0 saturated heterocycles. The first-order chi connectivity index (χ1) is 7.24. The van der Waals surface area contributed by atoms with Crippen molar-refractivity contribution in [2.75, 3.05) is 31.3 Å². The summed E-state index contributed by atoms with van der Waals surface area (Å²) in [4.78, 5) is 3.99. The molecule has 1 saturated carbocycles. The van der Waals surface area contributed by atoms with Crippen molar-refractivity contribution in [2.45, 2.75) is 19.3 Å². The molecule has 1 fully saturated rings. The number of nitrogens with one attached hydrogen (secondary N) is 2. The summed E-state index contributed by atoms with van der Waals surface area (Å²) in [7, 11) is 1.74. The van der Waals surface area contributed by atoms with Gasteiger partial charge in [0.1, 0.15) is 0 Å². The molecule has 15 heavy (non-hydrogen) atoms. The van der Waals surface area contributed by atoms with Gasteiger partial charge in [-0.1, -0.05) is 0 Å². The highest BCUT2D eigenvalue weighted by Crippen LogP contribution is 2.48. The van der Waals surface area contributed by atoms with E-state index in [9.17, 15) is 0 Å². The molecule has 84 valence electrons. The number of nitrogens with two attached hydrogens (primary N) is 1. The van der Waals surface area contributed by atoms with E-state index in [4.69, 9.17) is 10.5 Å². The lowest BCUT2D eigenvalue weighted by molar-refractivity contribution is 0.175. The van der Waals surface area contributed by atoms with Gasteiger partial charge in [-0.3, -0.25) is 0 Å². The maximum Gasteiger partial charge on any atom is 0.243 e. The Labute approximate surface area is 88.6 Å². The average Bonchev–Trinajstić information content (AvgIpc) is 2.89. The van der Waals surface area contributed by atoms with E-state index in [0.717, 1.165) is 19.6 Å². The Bertz CT molecular complexity index is 320. The van der Waals surface area contributed by atoms with Crippen LogP contribution in [0, 0.1) is 5.41 Å².